The van der Waals surface area contributed by atoms with Crippen LogP contribution in [-0.2, 0) is 14.3 Å². The minimum Gasteiger partial charge on any atom is -0.466 e. The van der Waals surface area contributed by atoms with Gasteiger partial charge in [-0.25, -0.2) is 0 Å². The summed E-state index contributed by atoms with van der Waals surface area (Å²) in [6.45, 7) is 4.87. The standard InChI is InChI=1S/C53H99NO5/c1-3-5-7-9-11-13-15-16-17-20-23-27-31-35-39-43-47-53(58)59-48-44-40-36-32-28-24-21-18-19-22-26-30-34-38-42-46-52(57)54-50(49-55)51(56)45-41-37-33-29-25-14-12-10-8-6-4-2/h17-18,20-21,24,28,50-51,55-56H,3-16,19,22-23,25-27,29-49H2,1-2H3,(H,54,57)/b20-17-,21-18-,28-24-. The molecule has 2 atom stereocenters. The third-order valence-electron chi connectivity index (χ3n) is 11.7. The molecular weight excluding hydrogens is 731 g/mol. The van der Waals surface area contributed by atoms with Crippen LogP contribution in [0, 0.1) is 0 Å². The lowest BCUT2D eigenvalue weighted by atomic mass is 10.0. The molecule has 0 aliphatic heterocycles. The zero-order chi connectivity index (χ0) is 43.0. The number of aliphatic hydroxyl groups excluding tert-OH is 2. The quantitative estimate of drug-likeness (QED) is 0.0246. The lowest BCUT2D eigenvalue weighted by molar-refractivity contribution is -0.143. The first-order valence-electron chi connectivity index (χ1n) is 25.8. The molecule has 0 radical (unpaired) electrons. The van der Waals surface area contributed by atoms with Crippen LogP contribution in [0.15, 0.2) is 36.5 Å². The third kappa shape index (κ3) is 45.4. The average molecular weight is 830 g/mol. The normalized spacial score (nSPS) is 12.9. The van der Waals surface area contributed by atoms with Gasteiger partial charge in [-0.1, -0.05) is 204 Å². The van der Waals surface area contributed by atoms with Crippen LogP contribution >= 0.6 is 0 Å². The van der Waals surface area contributed by atoms with E-state index in [0.29, 0.717) is 25.9 Å². The van der Waals surface area contributed by atoms with Crippen LogP contribution in [-0.4, -0.2) is 47.4 Å². The molecule has 6 nitrogen and oxygen atoms in total. The largest absolute Gasteiger partial charge is 0.466 e. The number of amides is 1. The van der Waals surface area contributed by atoms with Crippen LogP contribution in [0.4, 0.5) is 0 Å². The molecule has 0 aromatic heterocycles. The van der Waals surface area contributed by atoms with E-state index in [1.165, 1.54) is 154 Å². The first kappa shape index (κ1) is 57.1. The van der Waals surface area contributed by atoms with Gasteiger partial charge in [-0.3, -0.25) is 9.59 Å². The van der Waals surface area contributed by atoms with Crippen molar-refractivity contribution in [3.8, 4) is 0 Å². The number of esters is 1. The molecule has 0 fully saturated rings. The fourth-order valence-corrected chi connectivity index (χ4v) is 7.68. The number of hydrogen-bond acceptors (Lipinski definition) is 5. The molecule has 0 saturated heterocycles. The highest BCUT2D eigenvalue weighted by atomic mass is 16.5. The number of nitrogens with one attached hydrogen (secondary N) is 1. The van der Waals surface area contributed by atoms with Gasteiger partial charge in [-0.15, -0.1) is 0 Å². The van der Waals surface area contributed by atoms with Crippen LogP contribution in [0.2, 0.25) is 0 Å². The van der Waals surface area contributed by atoms with Gasteiger partial charge in [0.1, 0.15) is 0 Å². The number of carbonyl (C=O) groups is 2. The molecule has 0 aromatic carbocycles. The molecular formula is C53H99NO5. The molecule has 0 bridgehead atoms. The highest BCUT2D eigenvalue weighted by molar-refractivity contribution is 5.76. The lowest BCUT2D eigenvalue weighted by Gasteiger charge is -2.22. The number of unbranched alkanes of at least 4 members (excludes halogenated alkanes) is 31. The van der Waals surface area contributed by atoms with E-state index in [9.17, 15) is 19.8 Å². The number of ether oxygens (including phenoxy) is 1. The molecule has 0 aromatic rings. The molecule has 3 N–H and O–H groups in total. The van der Waals surface area contributed by atoms with Gasteiger partial charge < -0.3 is 20.3 Å². The van der Waals surface area contributed by atoms with E-state index in [0.717, 1.165) is 77.0 Å². The average Bonchev–Trinajstić information content (AvgIpc) is 3.24. The molecule has 0 heterocycles. The van der Waals surface area contributed by atoms with Crippen LogP contribution < -0.4 is 5.32 Å². The van der Waals surface area contributed by atoms with Crippen molar-refractivity contribution < 1.29 is 24.5 Å². The maximum Gasteiger partial charge on any atom is 0.305 e. The van der Waals surface area contributed by atoms with Crippen LogP contribution in [0.1, 0.15) is 264 Å². The highest BCUT2D eigenvalue weighted by Crippen LogP contribution is 2.15. The second-order valence-corrected chi connectivity index (χ2v) is 17.5. The van der Waals surface area contributed by atoms with Crippen molar-refractivity contribution in [2.24, 2.45) is 0 Å². The molecule has 0 rings (SSSR count). The highest BCUT2D eigenvalue weighted by Gasteiger charge is 2.20. The van der Waals surface area contributed by atoms with Crippen LogP contribution in [0.25, 0.3) is 0 Å². The van der Waals surface area contributed by atoms with Crippen LogP contribution in [0.5, 0.6) is 0 Å². The van der Waals surface area contributed by atoms with E-state index in [-0.39, 0.29) is 18.5 Å². The number of rotatable bonds is 47. The lowest BCUT2D eigenvalue weighted by Crippen LogP contribution is -2.45. The van der Waals surface area contributed by atoms with Gasteiger partial charge >= 0.3 is 5.97 Å². The van der Waals surface area contributed by atoms with Crippen molar-refractivity contribution in [2.75, 3.05) is 13.2 Å². The summed E-state index contributed by atoms with van der Waals surface area (Å²) >= 11 is 0. The number of allylic oxidation sites excluding steroid dienone is 6. The Morgan fingerprint density at radius 1 is 0.475 bits per heavy atom. The maximum absolute atomic E-state index is 12.4. The molecule has 59 heavy (non-hydrogen) atoms. The summed E-state index contributed by atoms with van der Waals surface area (Å²) in [5, 5.41) is 23.1. The van der Waals surface area contributed by atoms with E-state index < -0.39 is 12.1 Å². The predicted octanol–water partition coefficient (Wildman–Crippen LogP) is 15.3. The Kier molecular flexibility index (Phi) is 47.2. The zero-order valence-corrected chi connectivity index (χ0v) is 39.2. The number of aliphatic hydroxyl groups is 2. The van der Waals surface area contributed by atoms with Crippen molar-refractivity contribution in [1.29, 1.82) is 0 Å². The van der Waals surface area contributed by atoms with E-state index in [4.69, 9.17) is 4.74 Å². The van der Waals surface area contributed by atoms with E-state index in [2.05, 4.69) is 55.6 Å². The summed E-state index contributed by atoms with van der Waals surface area (Å²) in [4.78, 5) is 24.4. The van der Waals surface area contributed by atoms with Crippen molar-refractivity contribution in [3.05, 3.63) is 36.5 Å². The first-order chi connectivity index (χ1) is 29.0. The van der Waals surface area contributed by atoms with E-state index in [1.54, 1.807) is 0 Å². The number of carbonyl (C=O) groups excluding carboxylic acids is 2. The van der Waals surface area contributed by atoms with Crippen molar-refractivity contribution in [3.63, 3.8) is 0 Å². The fraction of sp³-hybridized carbons (Fsp3) is 0.849. The van der Waals surface area contributed by atoms with Gasteiger partial charge in [-0.2, -0.15) is 0 Å². The fourth-order valence-electron chi connectivity index (χ4n) is 7.68. The van der Waals surface area contributed by atoms with Crippen molar-refractivity contribution >= 4 is 11.9 Å². The van der Waals surface area contributed by atoms with Gasteiger partial charge in [0.05, 0.1) is 25.4 Å². The summed E-state index contributed by atoms with van der Waals surface area (Å²) in [6.07, 6.45) is 58.3. The Hall–Kier alpha value is -1.92. The van der Waals surface area contributed by atoms with Crippen molar-refractivity contribution in [2.45, 2.75) is 276 Å². The van der Waals surface area contributed by atoms with Gasteiger partial charge in [0, 0.05) is 12.8 Å². The van der Waals surface area contributed by atoms with E-state index in [1.807, 2.05) is 0 Å². The molecule has 2 unspecified atom stereocenters. The zero-order valence-electron chi connectivity index (χ0n) is 39.2. The molecule has 1 amide bonds. The molecule has 0 spiro atoms. The molecule has 0 aliphatic rings. The molecule has 6 heteroatoms. The summed E-state index contributed by atoms with van der Waals surface area (Å²) in [6, 6.07) is -0.557. The molecule has 0 aliphatic carbocycles. The first-order valence-corrected chi connectivity index (χ1v) is 25.8. The topological polar surface area (TPSA) is 95.9 Å². The van der Waals surface area contributed by atoms with Gasteiger partial charge in [0.15, 0.2) is 0 Å². The summed E-state index contributed by atoms with van der Waals surface area (Å²) < 4.78 is 5.44. The molecule has 0 saturated carbocycles. The summed E-state index contributed by atoms with van der Waals surface area (Å²) in [5.74, 6) is -0.0895. The minimum absolute atomic E-state index is 0.0297. The minimum atomic E-state index is -0.677. The monoisotopic (exact) mass is 830 g/mol. The molecule has 346 valence electrons. The summed E-state index contributed by atoms with van der Waals surface area (Å²) in [5.41, 5.74) is 0. The Morgan fingerprint density at radius 3 is 1.31 bits per heavy atom. The Morgan fingerprint density at radius 2 is 0.847 bits per heavy atom. The maximum atomic E-state index is 12.4. The summed E-state index contributed by atoms with van der Waals surface area (Å²) in [7, 11) is 0. The Bertz CT molecular complexity index is 962. The second-order valence-electron chi connectivity index (χ2n) is 17.5. The predicted molar refractivity (Wildman–Crippen MR) is 255 cm³/mol. The SMILES string of the molecule is CCCCCCCCC/C=C\CCCCCCCC(=O)OCCCCC/C=C\C=C/CCCCCCCCC(=O)NC(CO)C(O)CCCCCCCCCCCCC. The Labute approximate surface area is 366 Å². The van der Waals surface area contributed by atoms with Gasteiger partial charge in [-0.05, 0) is 83.5 Å². The second kappa shape index (κ2) is 48.7. The van der Waals surface area contributed by atoms with Gasteiger partial charge in [0.2, 0.25) is 5.91 Å². The third-order valence-corrected chi connectivity index (χ3v) is 11.7. The van der Waals surface area contributed by atoms with E-state index >= 15 is 0 Å². The Balaban J connectivity index is 3.52. The van der Waals surface area contributed by atoms with Gasteiger partial charge in [0.25, 0.3) is 0 Å². The van der Waals surface area contributed by atoms with Crippen LogP contribution in [0.3, 0.4) is 0 Å². The smallest absolute Gasteiger partial charge is 0.305 e. The number of hydrogen-bond donors (Lipinski definition) is 3. The van der Waals surface area contributed by atoms with Crippen molar-refractivity contribution in [1.82, 2.24) is 5.32 Å².